The van der Waals surface area contributed by atoms with E-state index in [1.54, 1.807) is 36.4 Å². The topological polar surface area (TPSA) is 145 Å². The molecule has 0 spiro atoms. The molecule has 1 aromatic heterocycles. The highest BCUT2D eigenvalue weighted by molar-refractivity contribution is 5.97. The van der Waals surface area contributed by atoms with Crippen LogP contribution in [0.15, 0.2) is 64.1 Å². The number of furan rings is 1. The third-order valence-electron chi connectivity index (χ3n) is 4.43. The molecule has 11 nitrogen and oxygen atoms in total. The molecule has 2 aromatic carbocycles. The highest BCUT2D eigenvalue weighted by atomic mass is 16.6. The normalized spacial score (nSPS) is 10.6. The number of nitro groups is 1. The fraction of sp³-hybridized carbons (Fsp3) is 0.136. The van der Waals surface area contributed by atoms with E-state index in [0.29, 0.717) is 34.1 Å². The summed E-state index contributed by atoms with van der Waals surface area (Å²) in [5, 5.41) is 17.0. The number of nitrogens with one attached hydrogen (secondary N) is 2. The van der Waals surface area contributed by atoms with Gasteiger partial charge in [-0.1, -0.05) is 0 Å². The van der Waals surface area contributed by atoms with Crippen LogP contribution in [0, 0.1) is 10.1 Å². The van der Waals surface area contributed by atoms with Gasteiger partial charge in [-0.3, -0.25) is 19.7 Å². The van der Waals surface area contributed by atoms with Gasteiger partial charge < -0.3 is 19.2 Å². The lowest BCUT2D eigenvalue weighted by Gasteiger charge is -2.09. The molecular formula is C22H20N4O7. The summed E-state index contributed by atoms with van der Waals surface area (Å²) < 4.78 is 15.9. The molecule has 0 unspecified atom stereocenters. The van der Waals surface area contributed by atoms with Crippen molar-refractivity contribution in [1.82, 2.24) is 10.7 Å². The van der Waals surface area contributed by atoms with Crippen molar-refractivity contribution in [3.63, 3.8) is 0 Å². The average Bonchev–Trinajstić information content (AvgIpc) is 3.31. The number of hydrogen-bond acceptors (Lipinski definition) is 8. The Labute approximate surface area is 188 Å². The molecule has 2 amide bonds. The number of hydrogen-bond donors (Lipinski definition) is 2. The number of amides is 2. The second-order valence-electron chi connectivity index (χ2n) is 6.55. The van der Waals surface area contributed by atoms with E-state index < -0.39 is 16.7 Å². The van der Waals surface area contributed by atoms with Crippen molar-refractivity contribution in [2.45, 2.75) is 0 Å². The summed E-state index contributed by atoms with van der Waals surface area (Å²) in [6.07, 6.45) is 1.29. The van der Waals surface area contributed by atoms with Crippen LogP contribution in [0.2, 0.25) is 0 Å². The van der Waals surface area contributed by atoms with Crippen molar-refractivity contribution >= 4 is 23.7 Å². The van der Waals surface area contributed by atoms with Gasteiger partial charge in [-0.05, 0) is 42.5 Å². The van der Waals surface area contributed by atoms with Gasteiger partial charge in [0.2, 0.25) is 0 Å². The van der Waals surface area contributed by atoms with Crippen LogP contribution in [0.3, 0.4) is 0 Å². The molecule has 33 heavy (non-hydrogen) atoms. The van der Waals surface area contributed by atoms with E-state index in [-0.39, 0.29) is 12.2 Å². The van der Waals surface area contributed by atoms with Crippen molar-refractivity contribution in [2.75, 3.05) is 20.8 Å². The van der Waals surface area contributed by atoms with Crippen molar-refractivity contribution in [3.8, 4) is 22.8 Å². The molecule has 0 aliphatic rings. The largest absolute Gasteiger partial charge is 0.493 e. The van der Waals surface area contributed by atoms with Gasteiger partial charge in [0.05, 0.1) is 31.9 Å². The molecule has 3 rings (SSSR count). The smallest absolute Gasteiger partial charge is 0.269 e. The summed E-state index contributed by atoms with van der Waals surface area (Å²) in [4.78, 5) is 34.4. The van der Waals surface area contributed by atoms with Crippen molar-refractivity contribution in [3.05, 3.63) is 76.0 Å². The van der Waals surface area contributed by atoms with Crippen molar-refractivity contribution < 1.29 is 28.4 Å². The first-order chi connectivity index (χ1) is 15.9. The lowest BCUT2D eigenvalue weighted by atomic mass is 10.1. The zero-order valence-corrected chi connectivity index (χ0v) is 17.7. The number of nitrogens with zero attached hydrogens (tertiary/aromatic N) is 2. The molecule has 0 radical (unpaired) electrons. The van der Waals surface area contributed by atoms with Crippen LogP contribution in [-0.4, -0.2) is 43.7 Å². The third kappa shape index (κ3) is 5.94. The zero-order chi connectivity index (χ0) is 23.8. The van der Waals surface area contributed by atoms with E-state index in [1.807, 2.05) is 0 Å². The Kier molecular flexibility index (Phi) is 7.37. The summed E-state index contributed by atoms with van der Waals surface area (Å²) in [6.45, 7) is -0.295. The van der Waals surface area contributed by atoms with E-state index in [1.165, 1.54) is 38.6 Å². The highest BCUT2D eigenvalue weighted by Crippen LogP contribution is 2.27. The van der Waals surface area contributed by atoms with Crippen LogP contribution < -0.4 is 20.2 Å². The molecule has 0 atom stereocenters. The lowest BCUT2D eigenvalue weighted by molar-refractivity contribution is -0.384. The number of non-ortho nitro benzene ring substituents is 1. The quantitative estimate of drug-likeness (QED) is 0.288. The second-order valence-corrected chi connectivity index (χ2v) is 6.55. The molecule has 0 aliphatic carbocycles. The lowest BCUT2D eigenvalue weighted by Crippen LogP contribution is -2.34. The van der Waals surface area contributed by atoms with Crippen LogP contribution in [-0.2, 0) is 4.79 Å². The fourth-order valence-corrected chi connectivity index (χ4v) is 2.77. The molecule has 0 saturated carbocycles. The summed E-state index contributed by atoms with van der Waals surface area (Å²) in [7, 11) is 2.94. The maximum atomic E-state index is 12.2. The predicted molar refractivity (Wildman–Crippen MR) is 118 cm³/mol. The monoisotopic (exact) mass is 452 g/mol. The number of carbonyl (C=O) groups is 2. The molecule has 170 valence electrons. The average molecular weight is 452 g/mol. The minimum atomic E-state index is -0.540. The van der Waals surface area contributed by atoms with E-state index in [4.69, 9.17) is 13.9 Å². The minimum Gasteiger partial charge on any atom is -0.493 e. The molecule has 0 aliphatic heterocycles. The van der Waals surface area contributed by atoms with Gasteiger partial charge in [-0.15, -0.1) is 0 Å². The van der Waals surface area contributed by atoms with E-state index >= 15 is 0 Å². The Hall–Kier alpha value is -4.67. The maximum Gasteiger partial charge on any atom is 0.269 e. The van der Waals surface area contributed by atoms with Crippen LogP contribution in [0.1, 0.15) is 16.1 Å². The standard InChI is InChI=1S/C22H20N4O7/c1-31-19-9-5-15(11-20(19)32-2)22(28)23-13-21(27)25-24-12-17-8-10-18(33-17)14-3-6-16(7-4-14)26(29)30/h3-12H,13H2,1-2H3,(H,23,28)(H,25,27). The Morgan fingerprint density at radius 3 is 2.45 bits per heavy atom. The van der Waals surface area contributed by atoms with Gasteiger partial charge in [0.1, 0.15) is 11.5 Å². The Morgan fingerprint density at radius 1 is 1.06 bits per heavy atom. The Morgan fingerprint density at radius 2 is 1.79 bits per heavy atom. The number of rotatable bonds is 9. The van der Waals surface area contributed by atoms with E-state index in [2.05, 4.69) is 15.8 Å². The summed E-state index contributed by atoms with van der Waals surface area (Å²) in [5.41, 5.74) is 3.22. The molecule has 0 fully saturated rings. The number of nitro benzene ring substituents is 1. The predicted octanol–water partition coefficient (Wildman–Crippen LogP) is 2.75. The van der Waals surface area contributed by atoms with Crippen LogP contribution >= 0.6 is 0 Å². The van der Waals surface area contributed by atoms with E-state index in [9.17, 15) is 19.7 Å². The first kappa shape index (κ1) is 23.0. The van der Waals surface area contributed by atoms with Crippen LogP contribution in [0.25, 0.3) is 11.3 Å². The van der Waals surface area contributed by atoms with Gasteiger partial charge >= 0.3 is 0 Å². The van der Waals surface area contributed by atoms with Crippen molar-refractivity contribution in [1.29, 1.82) is 0 Å². The maximum absolute atomic E-state index is 12.2. The Bertz CT molecular complexity index is 1190. The highest BCUT2D eigenvalue weighted by Gasteiger charge is 2.12. The van der Waals surface area contributed by atoms with Gasteiger partial charge in [0.15, 0.2) is 11.5 Å². The molecule has 1 heterocycles. The van der Waals surface area contributed by atoms with Crippen LogP contribution in [0.4, 0.5) is 5.69 Å². The molecule has 11 heteroatoms. The SMILES string of the molecule is COc1ccc(C(=O)NCC(=O)NN=Cc2ccc(-c3ccc([N+](=O)[O-])cc3)o2)cc1OC. The Balaban J connectivity index is 1.50. The van der Waals surface area contributed by atoms with E-state index in [0.717, 1.165) is 0 Å². The molecule has 0 bridgehead atoms. The molecule has 2 N–H and O–H groups in total. The number of methoxy groups -OCH3 is 2. The summed E-state index contributed by atoms with van der Waals surface area (Å²) in [6, 6.07) is 13.8. The molecule has 0 saturated heterocycles. The number of carbonyl (C=O) groups excluding carboxylic acids is 2. The number of benzene rings is 2. The number of hydrazone groups is 1. The summed E-state index contributed by atoms with van der Waals surface area (Å²) in [5.74, 6) is 0.718. The fourth-order valence-electron chi connectivity index (χ4n) is 2.77. The minimum absolute atomic E-state index is 0.0203. The first-order valence-corrected chi connectivity index (χ1v) is 9.58. The molecule has 3 aromatic rings. The first-order valence-electron chi connectivity index (χ1n) is 9.58. The van der Waals surface area contributed by atoms with Crippen molar-refractivity contribution in [2.24, 2.45) is 5.10 Å². The third-order valence-corrected chi connectivity index (χ3v) is 4.43. The van der Waals surface area contributed by atoms with Gasteiger partial charge in [-0.25, -0.2) is 5.43 Å². The van der Waals surface area contributed by atoms with Crippen LogP contribution in [0.5, 0.6) is 11.5 Å². The molecular weight excluding hydrogens is 432 g/mol. The van der Waals surface area contributed by atoms with Gasteiger partial charge in [-0.2, -0.15) is 5.10 Å². The zero-order valence-electron chi connectivity index (χ0n) is 17.7. The summed E-state index contributed by atoms with van der Waals surface area (Å²) >= 11 is 0. The van der Waals surface area contributed by atoms with Gasteiger partial charge in [0.25, 0.3) is 17.5 Å². The number of ether oxygens (including phenoxy) is 2. The second kappa shape index (κ2) is 10.6. The van der Waals surface area contributed by atoms with Gasteiger partial charge in [0, 0.05) is 23.3 Å².